The highest BCUT2D eigenvalue weighted by molar-refractivity contribution is 6.12. The molecule has 1 aromatic heterocycles. The average Bonchev–Trinajstić information content (AvgIpc) is 2.88. The van der Waals surface area contributed by atoms with Gasteiger partial charge in [0.1, 0.15) is 17.1 Å². The molecule has 0 radical (unpaired) electrons. The summed E-state index contributed by atoms with van der Waals surface area (Å²) < 4.78 is 6.48. The number of hydrogen-bond acceptors (Lipinski definition) is 5. The second kappa shape index (κ2) is 10.1. The Bertz CT molecular complexity index is 1600. The van der Waals surface area contributed by atoms with Crippen LogP contribution in [0, 0.1) is 27.7 Å². The zero-order chi connectivity index (χ0) is 26.9. The molecule has 0 bridgehead atoms. The van der Waals surface area contributed by atoms with Crippen molar-refractivity contribution in [3.8, 4) is 17.2 Å². The highest BCUT2D eigenvalue weighted by Crippen LogP contribution is 2.26. The highest BCUT2D eigenvalue weighted by Gasteiger charge is 2.22. The Labute approximate surface area is 215 Å². The van der Waals surface area contributed by atoms with Crippen molar-refractivity contribution in [3.63, 3.8) is 0 Å². The first kappa shape index (κ1) is 25.4. The predicted octanol–water partition coefficient (Wildman–Crippen LogP) is 5.27. The number of aryl methyl sites for hydroxylation is 4. The Balaban J connectivity index is 1.87. The van der Waals surface area contributed by atoms with Gasteiger partial charge in [-0.15, -0.1) is 0 Å². The van der Waals surface area contributed by atoms with E-state index in [1.807, 2.05) is 52.0 Å². The number of methoxy groups -OCH3 is 1. The maximum absolute atomic E-state index is 13.5. The fourth-order valence-electron chi connectivity index (χ4n) is 3.93. The van der Waals surface area contributed by atoms with Gasteiger partial charge in [-0.25, -0.2) is 0 Å². The number of benzene rings is 3. The second-order valence-electron chi connectivity index (χ2n) is 9.05. The SMILES string of the molecule is COc1ccc(O)c(C(=O)c2cc(C(=O)Nc3ccc(C)c(C)c3)c(=O)n(-c3ccc(C)c(C)c3)c2)c1. The molecule has 4 rings (SSSR count). The number of ketones is 1. The van der Waals surface area contributed by atoms with E-state index in [1.54, 1.807) is 12.1 Å². The third kappa shape index (κ3) is 5.16. The number of phenols is 1. The lowest BCUT2D eigenvalue weighted by Gasteiger charge is -2.14. The Morgan fingerprint density at radius 1 is 0.811 bits per heavy atom. The number of aromatic nitrogens is 1. The van der Waals surface area contributed by atoms with E-state index >= 15 is 0 Å². The van der Waals surface area contributed by atoms with E-state index < -0.39 is 17.2 Å². The van der Waals surface area contributed by atoms with E-state index in [0.717, 1.165) is 22.3 Å². The van der Waals surface area contributed by atoms with E-state index in [9.17, 15) is 19.5 Å². The molecule has 0 fully saturated rings. The van der Waals surface area contributed by atoms with Crippen molar-refractivity contribution >= 4 is 17.4 Å². The third-order valence-electron chi connectivity index (χ3n) is 6.51. The maximum Gasteiger partial charge on any atom is 0.267 e. The van der Waals surface area contributed by atoms with Crippen LogP contribution in [0.4, 0.5) is 5.69 Å². The number of anilines is 1. The van der Waals surface area contributed by atoms with Crippen LogP contribution in [0.5, 0.6) is 11.5 Å². The van der Waals surface area contributed by atoms with Crippen molar-refractivity contribution in [2.24, 2.45) is 0 Å². The zero-order valence-corrected chi connectivity index (χ0v) is 21.4. The van der Waals surface area contributed by atoms with Crippen molar-refractivity contribution in [1.82, 2.24) is 4.57 Å². The van der Waals surface area contributed by atoms with Crippen molar-refractivity contribution < 1.29 is 19.4 Å². The number of amides is 1. The minimum absolute atomic E-state index is 0.00912. The molecule has 0 saturated heterocycles. The van der Waals surface area contributed by atoms with Crippen LogP contribution >= 0.6 is 0 Å². The number of nitrogens with one attached hydrogen (secondary N) is 1. The minimum atomic E-state index is -0.643. The molecule has 37 heavy (non-hydrogen) atoms. The first-order chi connectivity index (χ1) is 17.6. The largest absolute Gasteiger partial charge is 0.507 e. The minimum Gasteiger partial charge on any atom is -0.507 e. The van der Waals surface area contributed by atoms with Crippen molar-refractivity contribution in [3.05, 3.63) is 116 Å². The van der Waals surface area contributed by atoms with Crippen LogP contribution in [-0.4, -0.2) is 28.5 Å². The van der Waals surface area contributed by atoms with Gasteiger partial charge in [-0.05, 0) is 98.5 Å². The number of phenolic OH excluding ortho intramolecular Hbond substituents is 1. The van der Waals surface area contributed by atoms with E-state index in [-0.39, 0.29) is 22.4 Å². The van der Waals surface area contributed by atoms with Crippen LogP contribution in [0.15, 0.2) is 71.7 Å². The number of aromatic hydroxyl groups is 1. The molecular formula is C30H28N2O5. The van der Waals surface area contributed by atoms with Crippen molar-refractivity contribution in [1.29, 1.82) is 0 Å². The highest BCUT2D eigenvalue weighted by atomic mass is 16.5. The number of rotatable bonds is 6. The Morgan fingerprint density at radius 2 is 1.49 bits per heavy atom. The van der Waals surface area contributed by atoms with Gasteiger partial charge in [0.15, 0.2) is 5.78 Å². The molecule has 1 heterocycles. The maximum atomic E-state index is 13.5. The lowest BCUT2D eigenvalue weighted by atomic mass is 10.0. The Kier molecular flexibility index (Phi) is 6.98. The first-order valence-electron chi connectivity index (χ1n) is 11.7. The summed E-state index contributed by atoms with van der Waals surface area (Å²) in [4.78, 5) is 40.3. The molecule has 0 aliphatic rings. The first-order valence-corrected chi connectivity index (χ1v) is 11.7. The van der Waals surface area contributed by atoms with Crippen molar-refractivity contribution in [2.45, 2.75) is 27.7 Å². The molecule has 188 valence electrons. The molecule has 3 aromatic carbocycles. The van der Waals surface area contributed by atoms with E-state index in [1.165, 1.54) is 42.1 Å². The molecular weight excluding hydrogens is 468 g/mol. The van der Waals surface area contributed by atoms with Crippen LogP contribution in [0.25, 0.3) is 5.69 Å². The van der Waals surface area contributed by atoms with Crippen LogP contribution < -0.4 is 15.6 Å². The van der Waals surface area contributed by atoms with Gasteiger partial charge in [0.05, 0.1) is 12.7 Å². The summed E-state index contributed by atoms with van der Waals surface area (Å²) in [5, 5.41) is 13.1. The topological polar surface area (TPSA) is 97.6 Å². The number of carbonyl (C=O) groups excluding carboxylic acids is 2. The monoisotopic (exact) mass is 496 g/mol. The summed E-state index contributed by atoms with van der Waals surface area (Å²) in [6, 6.07) is 16.5. The molecule has 7 nitrogen and oxygen atoms in total. The zero-order valence-electron chi connectivity index (χ0n) is 21.4. The van der Waals surface area contributed by atoms with Gasteiger partial charge >= 0.3 is 0 Å². The number of pyridine rings is 1. The molecule has 0 spiro atoms. The summed E-state index contributed by atoms with van der Waals surface area (Å²) in [7, 11) is 1.45. The predicted molar refractivity (Wildman–Crippen MR) is 143 cm³/mol. The summed E-state index contributed by atoms with van der Waals surface area (Å²) in [6.07, 6.45) is 1.39. The van der Waals surface area contributed by atoms with Gasteiger partial charge < -0.3 is 15.2 Å². The summed E-state index contributed by atoms with van der Waals surface area (Å²) in [6.45, 7) is 7.76. The molecule has 7 heteroatoms. The Morgan fingerprint density at radius 3 is 2.14 bits per heavy atom. The van der Waals surface area contributed by atoms with Gasteiger partial charge in [-0.3, -0.25) is 19.0 Å². The summed E-state index contributed by atoms with van der Waals surface area (Å²) >= 11 is 0. The molecule has 0 saturated carbocycles. The average molecular weight is 497 g/mol. The van der Waals surface area contributed by atoms with E-state index in [2.05, 4.69) is 5.32 Å². The lowest BCUT2D eigenvalue weighted by molar-refractivity contribution is 0.102. The number of carbonyl (C=O) groups is 2. The van der Waals surface area contributed by atoms with Crippen LogP contribution in [-0.2, 0) is 0 Å². The van der Waals surface area contributed by atoms with Gasteiger partial charge in [0.2, 0.25) is 0 Å². The summed E-state index contributed by atoms with van der Waals surface area (Å²) in [5.74, 6) is -1.06. The molecule has 4 aromatic rings. The molecule has 2 N–H and O–H groups in total. The summed E-state index contributed by atoms with van der Waals surface area (Å²) in [5.41, 5.74) is 4.37. The number of nitrogens with zero attached hydrogens (tertiary/aromatic N) is 1. The van der Waals surface area contributed by atoms with E-state index in [4.69, 9.17) is 4.74 Å². The van der Waals surface area contributed by atoms with Gasteiger partial charge in [-0.2, -0.15) is 0 Å². The molecule has 0 aliphatic carbocycles. The molecule has 0 atom stereocenters. The van der Waals surface area contributed by atoms with Crippen LogP contribution in [0.3, 0.4) is 0 Å². The molecule has 0 unspecified atom stereocenters. The normalized spacial score (nSPS) is 10.7. The number of hydrogen-bond donors (Lipinski definition) is 2. The smallest absolute Gasteiger partial charge is 0.267 e. The second-order valence-corrected chi connectivity index (χ2v) is 9.05. The third-order valence-corrected chi connectivity index (χ3v) is 6.51. The number of ether oxygens (including phenoxy) is 1. The van der Waals surface area contributed by atoms with Crippen molar-refractivity contribution in [2.75, 3.05) is 12.4 Å². The van der Waals surface area contributed by atoms with E-state index in [0.29, 0.717) is 17.1 Å². The Hall–Kier alpha value is -4.65. The standard InChI is InChI=1S/C30H28N2O5/c1-17-6-8-22(12-19(17)3)31-29(35)26-14-21(28(34)25-15-24(37-5)10-11-27(25)33)16-32(30(26)36)23-9-7-18(2)20(4)13-23/h6-16,33H,1-5H3,(H,31,35). The van der Waals surface area contributed by atoms with Crippen LogP contribution in [0.2, 0.25) is 0 Å². The van der Waals surface area contributed by atoms with Gasteiger partial charge in [-0.1, -0.05) is 12.1 Å². The lowest BCUT2D eigenvalue weighted by Crippen LogP contribution is -2.29. The quantitative estimate of drug-likeness (QED) is 0.355. The van der Waals surface area contributed by atoms with Gasteiger partial charge in [0.25, 0.3) is 11.5 Å². The van der Waals surface area contributed by atoms with Gasteiger partial charge in [0, 0.05) is 23.1 Å². The fourth-order valence-corrected chi connectivity index (χ4v) is 3.93. The van der Waals surface area contributed by atoms with Crippen LogP contribution in [0.1, 0.15) is 48.5 Å². The fraction of sp³-hybridized carbons (Fsp3) is 0.167. The molecule has 0 aliphatic heterocycles. The molecule has 1 amide bonds.